The molecular weight excluding hydrogens is 236 g/mol. The Morgan fingerprint density at radius 2 is 2.22 bits per heavy atom. The number of H-pyrrole nitrogens is 1. The molecule has 1 aromatic carbocycles. The number of rotatable bonds is 2. The highest BCUT2D eigenvalue weighted by atomic mass is 16.7. The van der Waals surface area contributed by atoms with E-state index in [0.29, 0.717) is 17.2 Å². The topological polar surface area (TPSA) is 84.4 Å². The first kappa shape index (κ1) is 10.6. The van der Waals surface area contributed by atoms with Crippen molar-refractivity contribution < 1.29 is 19.4 Å². The summed E-state index contributed by atoms with van der Waals surface area (Å²) in [7, 11) is 0. The Morgan fingerprint density at radius 1 is 1.39 bits per heavy atom. The first-order valence-electron chi connectivity index (χ1n) is 5.34. The molecule has 0 fully saturated rings. The summed E-state index contributed by atoms with van der Waals surface area (Å²) < 4.78 is 10.7. The molecule has 92 valence electrons. The lowest BCUT2D eigenvalue weighted by molar-refractivity contribution is 0.0690. The van der Waals surface area contributed by atoms with Crippen molar-refractivity contribution in [2.75, 3.05) is 6.79 Å². The van der Waals surface area contributed by atoms with Crippen LogP contribution in [0.1, 0.15) is 16.1 Å². The summed E-state index contributed by atoms with van der Waals surface area (Å²) in [5.41, 5.74) is 2.29. The fraction of sp³-hybridized carbons (Fsp3) is 0.167. The van der Waals surface area contributed by atoms with Crippen LogP contribution in [0.25, 0.3) is 11.3 Å². The summed E-state index contributed by atoms with van der Waals surface area (Å²) in [6.07, 6.45) is 0. The summed E-state index contributed by atoms with van der Waals surface area (Å²) in [4.78, 5) is 10.8. The molecule has 0 unspecified atom stereocenters. The minimum absolute atomic E-state index is 0.0409. The molecule has 2 aromatic rings. The number of aromatic amines is 1. The number of hydrogen-bond donors (Lipinski definition) is 2. The van der Waals surface area contributed by atoms with Gasteiger partial charge in [0, 0.05) is 5.56 Å². The summed E-state index contributed by atoms with van der Waals surface area (Å²) >= 11 is 0. The highest BCUT2D eigenvalue weighted by Crippen LogP contribution is 2.41. The Bertz CT molecular complexity index is 633. The molecule has 2 N–H and O–H groups in total. The van der Waals surface area contributed by atoms with Gasteiger partial charge in [0.15, 0.2) is 11.5 Å². The molecule has 0 atom stereocenters. The van der Waals surface area contributed by atoms with Crippen LogP contribution in [0.2, 0.25) is 0 Å². The number of ether oxygens (including phenoxy) is 2. The van der Waals surface area contributed by atoms with Crippen molar-refractivity contribution in [3.8, 4) is 22.8 Å². The molecule has 1 aliphatic heterocycles. The van der Waals surface area contributed by atoms with Crippen LogP contribution in [-0.4, -0.2) is 28.1 Å². The Hall–Kier alpha value is -2.50. The van der Waals surface area contributed by atoms with Gasteiger partial charge >= 0.3 is 5.97 Å². The van der Waals surface area contributed by atoms with Crippen molar-refractivity contribution in [2.45, 2.75) is 6.92 Å². The van der Waals surface area contributed by atoms with E-state index in [1.807, 2.05) is 19.1 Å². The lowest BCUT2D eigenvalue weighted by Crippen LogP contribution is -1.95. The number of benzene rings is 1. The second-order valence-corrected chi connectivity index (χ2v) is 4.02. The van der Waals surface area contributed by atoms with Gasteiger partial charge in [-0.2, -0.15) is 5.10 Å². The Labute approximate surface area is 102 Å². The van der Waals surface area contributed by atoms with E-state index in [4.69, 9.17) is 14.6 Å². The van der Waals surface area contributed by atoms with E-state index in [0.717, 1.165) is 11.1 Å². The van der Waals surface area contributed by atoms with Crippen LogP contribution in [0.3, 0.4) is 0 Å². The first-order valence-corrected chi connectivity index (χ1v) is 5.34. The van der Waals surface area contributed by atoms with Gasteiger partial charge in [0.05, 0.1) is 5.69 Å². The molecule has 6 nitrogen and oxygen atoms in total. The van der Waals surface area contributed by atoms with E-state index in [2.05, 4.69) is 10.2 Å². The average molecular weight is 246 g/mol. The molecule has 2 heterocycles. The zero-order valence-corrected chi connectivity index (χ0v) is 9.56. The van der Waals surface area contributed by atoms with Gasteiger partial charge in [-0.05, 0) is 30.7 Å². The number of fused-ring (bicyclic) bond motifs is 1. The number of carboxylic acid groups (broad SMARTS) is 1. The predicted molar refractivity (Wildman–Crippen MR) is 61.8 cm³/mol. The molecule has 1 aromatic heterocycles. The van der Waals surface area contributed by atoms with Crippen molar-refractivity contribution in [3.05, 3.63) is 29.5 Å². The fourth-order valence-corrected chi connectivity index (χ4v) is 1.91. The van der Waals surface area contributed by atoms with Crippen LogP contribution >= 0.6 is 0 Å². The number of aromatic carboxylic acids is 1. The number of aryl methyl sites for hydroxylation is 1. The smallest absolute Gasteiger partial charge is 0.353 e. The number of nitrogens with zero attached hydrogens (tertiary/aromatic N) is 1. The molecule has 0 radical (unpaired) electrons. The number of hydrogen-bond acceptors (Lipinski definition) is 4. The molecule has 3 rings (SSSR count). The Kier molecular flexibility index (Phi) is 2.22. The van der Waals surface area contributed by atoms with Gasteiger partial charge in [0.1, 0.15) is 5.69 Å². The maximum absolute atomic E-state index is 10.8. The van der Waals surface area contributed by atoms with Crippen molar-refractivity contribution >= 4 is 5.97 Å². The van der Waals surface area contributed by atoms with Gasteiger partial charge < -0.3 is 14.6 Å². The molecule has 6 heteroatoms. The monoisotopic (exact) mass is 246 g/mol. The van der Waals surface area contributed by atoms with Gasteiger partial charge in [-0.25, -0.2) is 4.79 Å². The number of carboxylic acids is 1. The molecular formula is C12H10N2O4. The second-order valence-electron chi connectivity index (χ2n) is 4.02. The molecule has 0 aliphatic carbocycles. The minimum Gasteiger partial charge on any atom is -0.477 e. The average Bonchev–Trinajstić information content (AvgIpc) is 2.95. The number of aromatic nitrogens is 2. The van der Waals surface area contributed by atoms with Gasteiger partial charge in [0.2, 0.25) is 6.79 Å². The van der Waals surface area contributed by atoms with E-state index >= 15 is 0 Å². The van der Waals surface area contributed by atoms with Crippen LogP contribution in [0.5, 0.6) is 11.5 Å². The molecule has 0 amide bonds. The van der Waals surface area contributed by atoms with E-state index in [-0.39, 0.29) is 12.5 Å². The van der Waals surface area contributed by atoms with Crippen molar-refractivity contribution in [2.24, 2.45) is 0 Å². The summed E-state index contributed by atoms with van der Waals surface area (Å²) in [6, 6.07) is 5.23. The van der Waals surface area contributed by atoms with Crippen LogP contribution in [0, 0.1) is 6.92 Å². The molecule has 1 aliphatic rings. The van der Waals surface area contributed by atoms with Gasteiger partial charge in [0.25, 0.3) is 0 Å². The largest absolute Gasteiger partial charge is 0.477 e. The molecule has 0 saturated carbocycles. The third-order valence-corrected chi connectivity index (χ3v) is 2.70. The zero-order valence-electron chi connectivity index (χ0n) is 9.56. The minimum atomic E-state index is -1.05. The van der Waals surface area contributed by atoms with Crippen LogP contribution in [-0.2, 0) is 0 Å². The molecule has 18 heavy (non-hydrogen) atoms. The van der Waals surface area contributed by atoms with Gasteiger partial charge in [-0.15, -0.1) is 0 Å². The summed E-state index contributed by atoms with van der Waals surface area (Å²) in [6.45, 7) is 2.10. The molecule has 0 spiro atoms. The predicted octanol–water partition coefficient (Wildman–Crippen LogP) is 1.81. The highest BCUT2D eigenvalue weighted by molar-refractivity contribution is 5.87. The van der Waals surface area contributed by atoms with Crippen LogP contribution in [0.15, 0.2) is 18.2 Å². The van der Waals surface area contributed by atoms with E-state index in [1.54, 1.807) is 0 Å². The zero-order chi connectivity index (χ0) is 12.7. The van der Waals surface area contributed by atoms with E-state index in [9.17, 15) is 4.79 Å². The van der Waals surface area contributed by atoms with Gasteiger partial charge in [-0.3, -0.25) is 5.10 Å². The summed E-state index contributed by atoms with van der Waals surface area (Å²) in [5, 5.41) is 15.3. The SMILES string of the molecule is Cc1cc2c(c(-c3cc(C(=O)O)[nH]n3)c1)OCO2. The normalized spacial score (nSPS) is 12.7. The highest BCUT2D eigenvalue weighted by Gasteiger charge is 2.21. The lowest BCUT2D eigenvalue weighted by atomic mass is 10.1. The van der Waals surface area contributed by atoms with Crippen molar-refractivity contribution in [3.63, 3.8) is 0 Å². The maximum atomic E-state index is 10.8. The second kappa shape index (κ2) is 3.76. The molecule has 0 bridgehead atoms. The third-order valence-electron chi connectivity index (χ3n) is 2.70. The van der Waals surface area contributed by atoms with E-state index < -0.39 is 5.97 Å². The molecule has 0 saturated heterocycles. The summed E-state index contributed by atoms with van der Waals surface area (Å²) in [5.74, 6) is 0.212. The fourth-order valence-electron chi connectivity index (χ4n) is 1.91. The number of carbonyl (C=O) groups is 1. The van der Waals surface area contributed by atoms with Crippen molar-refractivity contribution in [1.82, 2.24) is 10.2 Å². The quantitative estimate of drug-likeness (QED) is 0.844. The van der Waals surface area contributed by atoms with Gasteiger partial charge in [-0.1, -0.05) is 0 Å². The van der Waals surface area contributed by atoms with Crippen LogP contribution < -0.4 is 9.47 Å². The Balaban J connectivity index is 2.13. The Morgan fingerprint density at radius 3 is 2.94 bits per heavy atom. The van der Waals surface area contributed by atoms with Crippen molar-refractivity contribution in [1.29, 1.82) is 0 Å². The third kappa shape index (κ3) is 1.58. The lowest BCUT2D eigenvalue weighted by Gasteiger charge is -2.04. The first-order chi connectivity index (χ1) is 8.65. The maximum Gasteiger partial charge on any atom is 0.353 e. The standard InChI is InChI=1S/C12H10N2O4/c1-6-2-7(11-10(3-6)17-5-18-11)8-4-9(12(15)16)14-13-8/h2-4H,5H2,1H3,(H,13,14)(H,15,16). The van der Waals surface area contributed by atoms with E-state index in [1.165, 1.54) is 6.07 Å². The van der Waals surface area contributed by atoms with Crippen LogP contribution in [0.4, 0.5) is 0 Å². The number of nitrogens with one attached hydrogen (secondary N) is 1.